The number of rotatable bonds is 5. The van der Waals surface area contributed by atoms with Gasteiger partial charge in [0, 0.05) is 12.8 Å². The molecule has 1 aromatic carbocycles. The Morgan fingerprint density at radius 1 is 1.40 bits per heavy atom. The van der Waals surface area contributed by atoms with Crippen molar-refractivity contribution in [3.05, 3.63) is 29.8 Å². The second-order valence-corrected chi connectivity index (χ2v) is 7.38. The molecule has 0 radical (unpaired) electrons. The van der Waals surface area contributed by atoms with E-state index >= 15 is 0 Å². The van der Waals surface area contributed by atoms with E-state index in [1.165, 1.54) is 12.1 Å². The molecule has 0 aliphatic carbocycles. The number of carboxylic acid groups (broad SMARTS) is 1. The van der Waals surface area contributed by atoms with Crippen LogP contribution in [0.25, 0.3) is 0 Å². The fourth-order valence-corrected chi connectivity index (χ4v) is 4.18. The molecule has 3 N–H and O–H groups in total. The number of benzene rings is 1. The first-order valence-electron chi connectivity index (χ1n) is 6.40. The molecule has 2 rings (SSSR count). The maximum Gasteiger partial charge on any atom is 0.156 e. The number of carbonyl (C=O) groups is 1. The molecule has 1 fully saturated rings. The Kier molecular flexibility index (Phi) is 4.29. The quantitative estimate of drug-likeness (QED) is 0.641. The largest absolute Gasteiger partial charge is 0.544 e. The molecule has 110 valence electrons. The van der Waals surface area contributed by atoms with Crippen molar-refractivity contribution in [3.8, 4) is 5.75 Å². The van der Waals surface area contributed by atoms with Gasteiger partial charge in [0.1, 0.15) is 23.6 Å². The van der Waals surface area contributed by atoms with Crippen molar-refractivity contribution in [1.82, 2.24) is 0 Å². The zero-order valence-electron chi connectivity index (χ0n) is 10.9. The molecular formula is C13H17NO5S. The van der Waals surface area contributed by atoms with Gasteiger partial charge in [-0.25, -0.2) is 8.42 Å². The third-order valence-corrected chi connectivity index (χ3v) is 5.26. The van der Waals surface area contributed by atoms with Crippen LogP contribution in [0, 0.1) is 0 Å². The average Bonchev–Trinajstić information content (AvgIpc) is 2.70. The zero-order valence-corrected chi connectivity index (χ0v) is 11.7. The van der Waals surface area contributed by atoms with Gasteiger partial charge in [0.2, 0.25) is 0 Å². The van der Waals surface area contributed by atoms with Gasteiger partial charge in [-0.05, 0) is 17.7 Å². The number of aromatic hydroxyl groups is 1. The number of nitrogens with two attached hydrogens (primary N) is 1. The van der Waals surface area contributed by atoms with E-state index in [2.05, 4.69) is 0 Å². The number of phenolic OH excluding ortho intramolecular Hbond substituents is 1. The van der Waals surface area contributed by atoms with Crippen molar-refractivity contribution in [2.75, 3.05) is 11.5 Å². The second kappa shape index (κ2) is 5.80. The van der Waals surface area contributed by atoms with Gasteiger partial charge in [0.25, 0.3) is 0 Å². The summed E-state index contributed by atoms with van der Waals surface area (Å²) < 4.78 is 22.8. The predicted octanol–water partition coefficient (Wildman–Crippen LogP) is -2.20. The highest BCUT2D eigenvalue weighted by molar-refractivity contribution is 7.91. The van der Waals surface area contributed by atoms with E-state index in [9.17, 15) is 23.4 Å². The molecule has 0 aromatic heterocycles. The first-order valence-corrected chi connectivity index (χ1v) is 8.22. The highest BCUT2D eigenvalue weighted by Crippen LogP contribution is 2.11. The van der Waals surface area contributed by atoms with Crippen LogP contribution in [-0.2, 0) is 21.1 Å². The molecule has 1 heterocycles. The number of phenols is 1. The van der Waals surface area contributed by atoms with E-state index < -0.39 is 21.8 Å². The van der Waals surface area contributed by atoms with E-state index in [4.69, 9.17) is 0 Å². The third kappa shape index (κ3) is 3.94. The number of hydrogen-bond acceptors (Lipinski definition) is 5. The molecule has 20 heavy (non-hydrogen) atoms. The van der Waals surface area contributed by atoms with E-state index in [-0.39, 0.29) is 29.7 Å². The summed E-state index contributed by atoms with van der Waals surface area (Å²) in [5.74, 6) is -0.952. The summed E-state index contributed by atoms with van der Waals surface area (Å²) in [5.41, 5.74) is 0.758. The summed E-state index contributed by atoms with van der Waals surface area (Å²) in [6.07, 6.45) is 0.709. The van der Waals surface area contributed by atoms with Crippen LogP contribution in [0.1, 0.15) is 12.0 Å². The van der Waals surface area contributed by atoms with Crippen LogP contribution < -0.4 is 10.4 Å². The van der Waals surface area contributed by atoms with Crippen LogP contribution in [-0.4, -0.2) is 43.1 Å². The lowest BCUT2D eigenvalue weighted by molar-refractivity contribution is -0.710. The molecule has 2 atom stereocenters. The van der Waals surface area contributed by atoms with Crippen molar-refractivity contribution >= 4 is 15.8 Å². The van der Waals surface area contributed by atoms with Crippen LogP contribution in [0.3, 0.4) is 0 Å². The van der Waals surface area contributed by atoms with Crippen LogP contribution in [0.5, 0.6) is 5.75 Å². The molecule has 1 aliphatic heterocycles. The van der Waals surface area contributed by atoms with Gasteiger partial charge in [0.05, 0.1) is 11.7 Å². The van der Waals surface area contributed by atoms with Crippen molar-refractivity contribution in [2.24, 2.45) is 0 Å². The fraction of sp³-hybridized carbons (Fsp3) is 0.462. The lowest BCUT2D eigenvalue weighted by Gasteiger charge is -2.20. The Morgan fingerprint density at radius 3 is 2.55 bits per heavy atom. The second-order valence-electron chi connectivity index (χ2n) is 5.15. The van der Waals surface area contributed by atoms with Crippen LogP contribution in [0.2, 0.25) is 0 Å². The Hall–Kier alpha value is -1.60. The number of sulfone groups is 1. The Labute approximate surface area is 117 Å². The molecule has 1 aromatic rings. The average molecular weight is 299 g/mol. The van der Waals surface area contributed by atoms with Gasteiger partial charge in [-0.15, -0.1) is 0 Å². The van der Waals surface area contributed by atoms with Gasteiger partial charge in [-0.2, -0.15) is 0 Å². The van der Waals surface area contributed by atoms with Gasteiger partial charge in [-0.3, -0.25) is 0 Å². The summed E-state index contributed by atoms with van der Waals surface area (Å²) >= 11 is 0. The minimum Gasteiger partial charge on any atom is -0.544 e. The first kappa shape index (κ1) is 14.8. The lowest BCUT2D eigenvalue weighted by atomic mass is 10.0. The summed E-state index contributed by atoms with van der Waals surface area (Å²) in [6.45, 7) is 0. The number of quaternary nitrogens is 1. The molecule has 0 spiro atoms. The fourth-order valence-electron chi connectivity index (χ4n) is 2.42. The summed E-state index contributed by atoms with van der Waals surface area (Å²) in [4.78, 5) is 11.2. The Morgan fingerprint density at radius 2 is 2.05 bits per heavy atom. The van der Waals surface area contributed by atoms with E-state index in [0.717, 1.165) is 5.56 Å². The Balaban J connectivity index is 2.01. The van der Waals surface area contributed by atoms with E-state index in [1.54, 1.807) is 17.4 Å². The Bertz CT molecular complexity index is 581. The van der Waals surface area contributed by atoms with Crippen LogP contribution in [0.4, 0.5) is 0 Å². The number of carboxylic acids is 1. The van der Waals surface area contributed by atoms with Gasteiger partial charge >= 0.3 is 0 Å². The van der Waals surface area contributed by atoms with Crippen LogP contribution >= 0.6 is 0 Å². The lowest BCUT2D eigenvalue weighted by Crippen LogP contribution is -2.98. The van der Waals surface area contributed by atoms with Crippen molar-refractivity contribution in [1.29, 1.82) is 0 Å². The summed E-state index contributed by atoms with van der Waals surface area (Å²) in [5, 5.41) is 21.9. The first-order chi connectivity index (χ1) is 9.35. The van der Waals surface area contributed by atoms with E-state index in [0.29, 0.717) is 6.42 Å². The molecular weight excluding hydrogens is 282 g/mol. The van der Waals surface area contributed by atoms with E-state index in [1.807, 2.05) is 0 Å². The number of aliphatic carboxylic acids is 1. The van der Waals surface area contributed by atoms with Gasteiger partial charge in [-0.1, -0.05) is 12.1 Å². The monoisotopic (exact) mass is 299 g/mol. The molecule has 0 amide bonds. The van der Waals surface area contributed by atoms with Gasteiger partial charge in [0.15, 0.2) is 9.84 Å². The minimum absolute atomic E-state index is 0.0202. The molecule has 1 saturated heterocycles. The van der Waals surface area contributed by atoms with Gasteiger partial charge < -0.3 is 20.3 Å². The maximum absolute atomic E-state index is 11.4. The third-order valence-electron chi connectivity index (χ3n) is 3.47. The van der Waals surface area contributed by atoms with Crippen molar-refractivity contribution in [2.45, 2.75) is 24.9 Å². The maximum atomic E-state index is 11.4. The molecule has 1 aliphatic rings. The molecule has 7 heteroatoms. The number of carbonyl (C=O) groups excluding carboxylic acids is 1. The topological polar surface area (TPSA) is 111 Å². The highest BCUT2D eigenvalue weighted by atomic mass is 32.2. The molecule has 0 bridgehead atoms. The normalized spacial score (nSPS) is 22.5. The molecule has 0 unspecified atom stereocenters. The van der Waals surface area contributed by atoms with Crippen molar-refractivity contribution < 1.29 is 28.7 Å². The SMILES string of the molecule is O=C([O-])[C@@H](Cc1ccc(O)cc1)[NH2+][C@H]1CCS(=O)(=O)C1. The molecule has 6 nitrogen and oxygen atoms in total. The summed E-state index contributed by atoms with van der Waals surface area (Å²) in [6, 6.07) is 5.22. The standard InChI is InChI=1S/C13H17NO5S/c15-11-3-1-9(2-4-11)7-12(13(16)17)14-10-5-6-20(18,19)8-10/h1-4,10,12,14-15H,5-8H2,(H,16,17)/t10-,12+/m0/s1. The zero-order chi connectivity index (χ0) is 14.8. The summed E-state index contributed by atoms with van der Waals surface area (Å²) in [7, 11) is -3.02. The predicted molar refractivity (Wildman–Crippen MR) is 69.6 cm³/mol. The van der Waals surface area contributed by atoms with Crippen LogP contribution in [0.15, 0.2) is 24.3 Å². The molecule has 0 saturated carbocycles. The smallest absolute Gasteiger partial charge is 0.156 e. The number of hydrogen-bond donors (Lipinski definition) is 2. The van der Waals surface area contributed by atoms with Crippen molar-refractivity contribution in [3.63, 3.8) is 0 Å². The minimum atomic E-state index is -3.02. The highest BCUT2D eigenvalue weighted by Gasteiger charge is 2.32.